The molecule has 2 aliphatic heterocycles. The molecule has 0 N–H and O–H groups in total. The van der Waals surface area contributed by atoms with E-state index >= 15 is 0 Å². The van der Waals surface area contributed by atoms with Crippen LogP contribution in [0, 0.1) is 0 Å². The number of rotatable bonds is 1. The molecule has 0 unspecified atom stereocenters. The quantitative estimate of drug-likeness (QED) is 0.629. The third kappa shape index (κ3) is 2.26. The van der Waals surface area contributed by atoms with Gasteiger partial charge in [0, 0.05) is 32.6 Å². The van der Waals surface area contributed by atoms with E-state index in [1.165, 1.54) is 0 Å². The van der Waals surface area contributed by atoms with Crippen molar-refractivity contribution < 1.29 is 4.79 Å². The van der Waals surface area contributed by atoms with Gasteiger partial charge in [0.2, 0.25) is 5.91 Å². The number of nitrogens with zero attached hydrogens (tertiary/aromatic N) is 3. The topological polar surface area (TPSA) is 35.9 Å². The lowest BCUT2D eigenvalue weighted by molar-refractivity contribution is -0.133. The molecule has 0 spiro atoms. The van der Waals surface area contributed by atoms with Crippen molar-refractivity contribution in [2.75, 3.05) is 26.7 Å². The second-order valence-electron chi connectivity index (χ2n) is 3.76. The van der Waals surface area contributed by atoms with Crippen LogP contribution in [0.5, 0.6) is 0 Å². The molecule has 0 aromatic heterocycles. The van der Waals surface area contributed by atoms with Crippen molar-refractivity contribution in [2.45, 2.75) is 6.42 Å². The summed E-state index contributed by atoms with van der Waals surface area (Å²) in [6.07, 6.45) is 8.60. The Bertz CT molecular complexity index is 344. The molecule has 0 bridgehead atoms. The number of carbonyl (C=O) groups excluding carboxylic acids is 1. The highest BCUT2D eigenvalue weighted by atomic mass is 16.2. The maximum Gasteiger partial charge on any atom is 0.241 e. The molecule has 1 fully saturated rings. The van der Waals surface area contributed by atoms with Crippen LogP contribution in [0.2, 0.25) is 0 Å². The molecule has 4 nitrogen and oxygen atoms in total. The van der Waals surface area contributed by atoms with Crippen molar-refractivity contribution in [3.8, 4) is 0 Å². The van der Waals surface area contributed by atoms with Gasteiger partial charge in [-0.1, -0.05) is 12.2 Å². The zero-order valence-corrected chi connectivity index (χ0v) is 8.89. The van der Waals surface area contributed by atoms with E-state index in [2.05, 4.69) is 16.0 Å². The van der Waals surface area contributed by atoms with Crippen LogP contribution < -0.4 is 0 Å². The average Bonchev–Trinajstić information content (AvgIpc) is 2.50. The second-order valence-corrected chi connectivity index (χ2v) is 3.76. The lowest BCUT2D eigenvalue weighted by atomic mass is 10.2. The maximum atomic E-state index is 11.5. The van der Waals surface area contributed by atoms with E-state index in [0.717, 1.165) is 25.2 Å². The zero-order valence-electron chi connectivity index (χ0n) is 8.89. The van der Waals surface area contributed by atoms with Crippen LogP contribution in [0.25, 0.3) is 0 Å². The number of hydrogen-bond donors (Lipinski definition) is 0. The zero-order chi connectivity index (χ0) is 10.7. The number of carbonyl (C=O) groups is 1. The van der Waals surface area contributed by atoms with Gasteiger partial charge in [0.1, 0.15) is 0 Å². The van der Waals surface area contributed by atoms with Gasteiger partial charge in [0.15, 0.2) is 0 Å². The smallest absolute Gasteiger partial charge is 0.241 e. The first-order valence-electron chi connectivity index (χ1n) is 5.14. The minimum absolute atomic E-state index is 0.174. The Kier molecular flexibility index (Phi) is 2.85. The monoisotopic (exact) mass is 205 g/mol. The largest absolute Gasteiger partial charge is 0.359 e. The molecule has 0 aromatic rings. The number of amides is 1. The summed E-state index contributed by atoms with van der Waals surface area (Å²) in [6.45, 7) is 2.14. The minimum atomic E-state index is 0.174. The number of allylic oxidation sites excluding steroid dienone is 3. The van der Waals surface area contributed by atoms with Crippen LogP contribution in [0.4, 0.5) is 0 Å². The Balaban J connectivity index is 2.05. The molecule has 1 amide bonds. The molecule has 2 aliphatic rings. The fraction of sp³-hybridized carbons (Fsp3) is 0.455. The molecule has 0 saturated carbocycles. The van der Waals surface area contributed by atoms with Gasteiger partial charge in [-0.05, 0) is 6.42 Å². The number of likely N-dealkylation sites (N-methyl/N-ethyl adjacent to an activating group) is 1. The van der Waals surface area contributed by atoms with Crippen molar-refractivity contribution in [1.29, 1.82) is 0 Å². The third-order valence-corrected chi connectivity index (χ3v) is 2.68. The average molecular weight is 205 g/mol. The van der Waals surface area contributed by atoms with Gasteiger partial charge in [-0.3, -0.25) is 9.79 Å². The van der Waals surface area contributed by atoms with Crippen LogP contribution in [-0.2, 0) is 4.79 Å². The lowest BCUT2D eigenvalue weighted by Gasteiger charge is -2.33. The van der Waals surface area contributed by atoms with Crippen molar-refractivity contribution in [1.82, 2.24) is 9.80 Å². The molecule has 15 heavy (non-hydrogen) atoms. The number of piperazine rings is 1. The van der Waals surface area contributed by atoms with Crippen molar-refractivity contribution in [2.24, 2.45) is 4.99 Å². The van der Waals surface area contributed by atoms with E-state index in [-0.39, 0.29) is 5.91 Å². The van der Waals surface area contributed by atoms with Gasteiger partial charge in [0.25, 0.3) is 0 Å². The van der Waals surface area contributed by atoms with Gasteiger partial charge >= 0.3 is 0 Å². The Labute approximate surface area is 89.6 Å². The first-order chi connectivity index (χ1) is 7.27. The summed E-state index contributed by atoms with van der Waals surface area (Å²) in [4.78, 5) is 19.5. The molecule has 1 saturated heterocycles. The summed E-state index contributed by atoms with van der Waals surface area (Å²) in [5, 5.41) is 0. The molecule has 2 rings (SSSR count). The fourth-order valence-electron chi connectivity index (χ4n) is 1.67. The molecule has 4 heteroatoms. The van der Waals surface area contributed by atoms with Crippen LogP contribution in [0.1, 0.15) is 6.42 Å². The Hall–Kier alpha value is -1.58. The first kappa shape index (κ1) is 9.96. The van der Waals surface area contributed by atoms with E-state index in [4.69, 9.17) is 0 Å². The van der Waals surface area contributed by atoms with Gasteiger partial charge in [-0.2, -0.15) is 0 Å². The van der Waals surface area contributed by atoms with Crippen molar-refractivity contribution in [3.63, 3.8) is 0 Å². The van der Waals surface area contributed by atoms with Crippen molar-refractivity contribution >= 4 is 12.1 Å². The Morgan fingerprint density at radius 3 is 3.07 bits per heavy atom. The van der Waals surface area contributed by atoms with Gasteiger partial charge in [-0.15, -0.1) is 0 Å². The molecule has 80 valence electrons. The Morgan fingerprint density at radius 1 is 1.40 bits per heavy atom. The Morgan fingerprint density at radius 2 is 2.27 bits per heavy atom. The predicted octanol–water partition coefficient (Wildman–Crippen LogP) is 0.633. The SMILES string of the molecule is CN1CCN(C2=CCC=CN=C2)CC1=O. The standard InChI is InChI=1S/C11H15N3O/c1-13-6-7-14(9-11(13)15)10-4-2-3-5-12-8-10/h3-5,8H,2,6-7,9H2,1H3. The van der Waals surface area contributed by atoms with Crippen LogP contribution >= 0.6 is 0 Å². The molecule has 2 heterocycles. The molecule has 0 atom stereocenters. The van der Waals surface area contributed by atoms with Crippen LogP contribution in [0.15, 0.2) is 29.0 Å². The summed E-state index contributed by atoms with van der Waals surface area (Å²) in [5.41, 5.74) is 1.06. The highest BCUT2D eigenvalue weighted by Crippen LogP contribution is 2.10. The van der Waals surface area contributed by atoms with Gasteiger partial charge in [-0.25, -0.2) is 0 Å². The summed E-state index contributed by atoms with van der Waals surface area (Å²) < 4.78 is 0. The number of hydrogen-bond acceptors (Lipinski definition) is 3. The van der Waals surface area contributed by atoms with E-state index in [1.54, 1.807) is 11.1 Å². The highest BCUT2D eigenvalue weighted by Gasteiger charge is 2.21. The highest BCUT2D eigenvalue weighted by molar-refractivity contribution is 5.83. The summed E-state index contributed by atoms with van der Waals surface area (Å²) in [7, 11) is 1.84. The molecule has 0 aliphatic carbocycles. The van der Waals surface area contributed by atoms with E-state index in [9.17, 15) is 4.79 Å². The first-order valence-corrected chi connectivity index (χ1v) is 5.14. The predicted molar refractivity (Wildman–Crippen MR) is 59.5 cm³/mol. The van der Waals surface area contributed by atoms with E-state index in [0.29, 0.717) is 6.54 Å². The molecular weight excluding hydrogens is 190 g/mol. The second kappa shape index (κ2) is 4.29. The van der Waals surface area contributed by atoms with Gasteiger partial charge < -0.3 is 9.80 Å². The van der Waals surface area contributed by atoms with Crippen LogP contribution in [0.3, 0.4) is 0 Å². The lowest BCUT2D eigenvalue weighted by Crippen LogP contribution is -2.48. The molecule has 0 radical (unpaired) electrons. The number of aliphatic imine (C=N–C) groups is 1. The fourth-order valence-corrected chi connectivity index (χ4v) is 1.67. The van der Waals surface area contributed by atoms with E-state index in [1.807, 2.05) is 19.3 Å². The third-order valence-electron chi connectivity index (χ3n) is 2.68. The molecular formula is C11H15N3O. The van der Waals surface area contributed by atoms with E-state index < -0.39 is 0 Å². The van der Waals surface area contributed by atoms with Crippen LogP contribution in [-0.4, -0.2) is 48.6 Å². The van der Waals surface area contributed by atoms with Crippen molar-refractivity contribution in [3.05, 3.63) is 24.0 Å². The molecule has 0 aromatic carbocycles. The summed E-state index contributed by atoms with van der Waals surface area (Å²) >= 11 is 0. The summed E-state index contributed by atoms with van der Waals surface area (Å²) in [6, 6.07) is 0. The van der Waals surface area contributed by atoms with Gasteiger partial charge in [0.05, 0.1) is 12.2 Å². The minimum Gasteiger partial charge on any atom is -0.359 e. The normalized spacial score (nSPS) is 21.7. The summed E-state index contributed by atoms with van der Waals surface area (Å²) in [5.74, 6) is 0.174. The maximum absolute atomic E-state index is 11.5.